The standard InChI is InChI=1S/C17H19ClN2S.C12H9NS/c1-19(2)10-5-11-20-14-6-3-4-7-16(14)21-17-9-8-13(18)12-15(17)20;1-3-7-11-9(5-1)13-10-6-2-4-8-12(10)14-11/h3-4,6-9,12H,5,10-11H2,1-2H3;1-8,13H. The number of nitrogens with one attached hydrogen (secondary N) is 1. The third-order valence-corrected chi connectivity index (χ3v) is 8.36. The number of benzene rings is 4. The van der Waals surface area contributed by atoms with E-state index in [1.165, 1.54) is 42.3 Å². The topological polar surface area (TPSA) is 18.5 Å². The van der Waals surface area contributed by atoms with E-state index in [1.807, 2.05) is 29.6 Å². The van der Waals surface area contributed by atoms with Crippen molar-refractivity contribution in [3.05, 3.63) is 96.0 Å². The molecule has 0 amide bonds. The third-order valence-electron chi connectivity index (χ3n) is 5.84. The van der Waals surface area contributed by atoms with Gasteiger partial charge in [-0.1, -0.05) is 71.5 Å². The Balaban J connectivity index is 0.000000156. The predicted molar refractivity (Wildman–Crippen MR) is 152 cm³/mol. The highest BCUT2D eigenvalue weighted by Gasteiger charge is 2.23. The number of nitrogens with zero attached hydrogens (tertiary/aromatic N) is 2. The Labute approximate surface area is 221 Å². The minimum atomic E-state index is 0.798. The number of halogens is 1. The summed E-state index contributed by atoms with van der Waals surface area (Å²) in [6.45, 7) is 2.09. The Morgan fingerprint density at radius 3 is 1.97 bits per heavy atom. The van der Waals surface area contributed by atoms with E-state index >= 15 is 0 Å². The molecule has 0 saturated carbocycles. The first-order valence-electron chi connectivity index (χ1n) is 11.7. The highest BCUT2D eigenvalue weighted by Crippen LogP contribution is 2.48. The zero-order valence-corrected chi connectivity index (χ0v) is 22.3. The maximum absolute atomic E-state index is 6.21. The lowest BCUT2D eigenvalue weighted by molar-refractivity contribution is 0.402. The van der Waals surface area contributed by atoms with E-state index in [2.05, 4.69) is 114 Å². The van der Waals surface area contributed by atoms with Crippen LogP contribution in [-0.2, 0) is 0 Å². The van der Waals surface area contributed by atoms with Gasteiger partial charge < -0.3 is 15.1 Å². The molecule has 35 heavy (non-hydrogen) atoms. The molecule has 3 nitrogen and oxygen atoms in total. The molecule has 0 bridgehead atoms. The van der Waals surface area contributed by atoms with Gasteiger partial charge in [-0.05, 0) is 81.7 Å². The maximum Gasteiger partial charge on any atom is 0.0567 e. The van der Waals surface area contributed by atoms with Crippen LogP contribution in [0.15, 0.2) is 111 Å². The molecule has 178 valence electrons. The van der Waals surface area contributed by atoms with Gasteiger partial charge in [0.25, 0.3) is 0 Å². The third kappa shape index (κ3) is 5.65. The highest BCUT2D eigenvalue weighted by molar-refractivity contribution is 8.00. The summed E-state index contributed by atoms with van der Waals surface area (Å²) in [5.41, 5.74) is 4.92. The lowest BCUT2D eigenvalue weighted by Gasteiger charge is -2.33. The Morgan fingerprint density at radius 1 is 0.714 bits per heavy atom. The molecule has 0 aliphatic carbocycles. The number of anilines is 4. The molecule has 2 aliphatic heterocycles. The fourth-order valence-electron chi connectivity index (χ4n) is 4.17. The average Bonchev–Trinajstić information content (AvgIpc) is 2.87. The van der Waals surface area contributed by atoms with E-state index in [1.54, 1.807) is 0 Å². The zero-order chi connectivity index (χ0) is 24.2. The van der Waals surface area contributed by atoms with Crippen LogP contribution in [0.3, 0.4) is 0 Å². The number of hydrogen-bond acceptors (Lipinski definition) is 5. The summed E-state index contributed by atoms with van der Waals surface area (Å²) in [6.07, 6.45) is 1.12. The van der Waals surface area contributed by atoms with Crippen molar-refractivity contribution >= 4 is 57.9 Å². The van der Waals surface area contributed by atoms with Crippen molar-refractivity contribution in [2.45, 2.75) is 26.0 Å². The number of para-hydroxylation sites is 3. The number of hydrogen-bond donors (Lipinski definition) is 1. The van der Waals surface area contributed by atoms with E-state index < -0.39 is 0 Å². The fourth-order valence-corrected chi connectivity index (χ4v) is 6.40. The Bertz CT molecular complexity index is 1240. The van der Waals surface area contributed by atoms with Crippen LogP contribution in [0.4, 0.5) is 22.7 Å². The summed E-state index contributed by atoms with van der Waals surface area (Å²) < 4.78 is 0. The molecule has 2 aliphatic rings. The molecule has 0 unspecified atom stereocenters. The first kappa shape index (κ1) is 24.1. The second kappa shape index (κ2) is 11.0. The quantitative estimate of drug-likeness (QED) is 0.256. The van der Waals surface area contributed by atoms with E-state index in [9.17, 15) is 0 Å². The zero-order valence-electron chi connectivity index (χ0n) is 19.9. The maximum atomic E-state index is 6.21. The summed E-state index contributed by atoms with van der Waals surface area (Å²) in [7, 11) is 4.23. The molecule has 0 radical (unpaired) electrons. The van der Waals surface area contributed by atoms with Crippen molar-refractivity contribution in [2.75, 3.05) is 37.4 Å². The molecule has 0 fully saturated rings. The number of fused-ring (bicyclic) bond motifs is 4. The molecular weight excluding hydrogens is 490 g/mol. The van der Waals surface area contributed by atoms with Crippen molar-refractivity contribution < 1.29 is 0 Å². The van der Waals surface area contributed by atoms with Gasteiger partial charge in [-0.25, -0.2) is 0 Å². The minimum absolute atomic E-state index is 0.798. The van der Waals surface area contributed by atoms with Crippen LogP contribution in [0, 0.1) is 0 Å². The molecule has 0 saturated heterocycles. The SMILES string of the molecule is CN(C)CCCN1c2ccccc2Sc2ccc(Cl)cc21.c1ccc2c(c1)Nc1ccccc1S2. The molecule has 0 aromatic heterocycles. The van der Waals surface area contributed by atoms with Gasteiger partial charge in [0.1, 0.15) is 0 Å². The summed E-state index contributed by atoms with van der Waals surface area (Å²) >= 11 is 9.85. The van der Waals surface area contributed by atoms with Crippen molar-refractivity contribution in [1.29, 1.82) is 0 Å². The molecule has 2 heterocycles. The van der Waals surface area contributed by atoms with Crippen LogP contribution in [0.25, 0.3) is 0 Å². The molecule has 4 aromatic carbocycles. The Hall–Kier alpha value is -2.57. The first-order valence-corrected chi connectivity index (χ1v) is 13.7. The van der Waals surface area contributed by atoms with Gasteiger partial charge in [0.15, 0.2) is 0 Å². The lowest BCUT2D eigenvalue weighted by Crippen LogP contribution is -2.25. The van der Waals surface area contributed by atoms with Gasteiger partial charge in [0, 0.05) is 31.1 Å². The van der Waals surface area contributed by atoms with Crippen LogP contribution in [0.1, 0.15) is 6.42 Å². The van der Waals surface area contributed by atoms with E-state index in [4.69, 9.17) is 11.6 Å². The van der Waals surface area contributed by atoms with Gasteiger partial charge in [-0.2, -0.15) is 0 Å². The van der Waals surface area contributed by atoms with Crippen molar-refractivity contribution in [3.63, 3.8) is 0 Å². The van der Waals surface area contributed by atoms with Crippen LogP contribution >= 0.6 is 35.1 Å². The monoisotopic (exact) mass is 517 g/mol. The molecule has 4 aromatic rings. The molecule has 1 N–H and O–H groups in total. The van der Waals surface area contributed by atoms with Gasteiger partial charge in [-0.15, -0.1) is 0 Å². The molecule has 6 heteroatoms. The molecular formula is C29H28ClN3S2. The van der Waals surface area contributed by atoms with Crippen LogP contribution < -0.4 is 10.2 Å². The summed E-state index contributed by atoms with van der Waals surface area (Å²) in [5.74, 6) is 0. The summed E-state index contributed by atoms with van der Waals surface area (Å²) in [5, 5.41) is 4.22. The summed E-state index contributed by atoms with van der Waals surface area (Å²) in [4.78, 5) is 9.82. The predicted octanol–water partition coefficient (Wildman–Crippen LogP) is 8.79. The minimum Gasteiger partial charge on any atom is -0.354 e. The normalized spacial score (nSPS) is 13.0. The summed E-state index contributed by atoms with van der Waals surface area (Å²) in [6, 6.07) is 31.5. The van der Waals surface area contributed by atoms with Crippen LogP contribution in [-0.4, -0.2) is 32.1 Å². The lowest BCUT2D eigenvalue weighted by atomic mass is 10.2. The van der Waals surface area contributed by atoms with Crippen molar-refractivity contribution in [1.82, 2.24) is 4.90 Å². The van der Waals surface area contributed by atoms with Crippen molar-refractivity contribution in [2.24, 2.45) is 0 Å². The van der Waals surface area contributed by atoms with Crippen LogP contribution in [0.2, 0.25) is 5.02 Å². The Kier molecular flexibility index (Phi) is 7.59. The average molecular weight is 518 g/mol. The smallest absolute Gasteiger partial charge is 0.0567 e. The number of rotatable bonds is 4. The largest absolute Gasteiger partial charge is 0.354 e. The van der Waals surface area contributed by atoms with Gasteiger partial charge in [-0.3, -0.25) is 0 Å². The van der Waals surface area contributed by atoms with Crippen LogP contribution in [0.5, 0.6) is 0 Å². The van der Waals surface area contributed by atoms with Gasteiger partial charge in [0.2, 0.25) is 0 Å². The van der Waals surface area contributed by atoms with Crippen molar-refractivity contribution in [3.8, 4) is 0 Å². The van der Waals surface area contributed by atoms with E-state index in [0.29, 0.717) is 0 Å². The second-order valence-electron chi connectivity index (χ2n) is 8.71. The highest BCUT2D eigenvalue weighted by atomic mass is 35.5. The second-order valence-corrected chi connectivity index (χ2v) is 11.3. The molecule has 0 atom stereocenters. The molecule has 0 spiro atoms. The molecule has 6 rings (SSSR count). The fraction of sp³-hybridized carbons (Fsp3) is 0.172. The first-order chi connectivity index (χ1) is 17.1. The van der Waals surface area contributed by atoms with E-state index in [0.717, 1.165) is 24.5 Å². The van der Waals surface area contributed by atoms with E-state index in [-0.39, 0.29) is 0 Å². The Morgan fingerprint density at radius 2 is 1.29 bits per heavy atom. The van der Waals surface area contributed by atoms with Gasteiger partial charge >= 0.3 is 0 Å². The van der Waals surface area contributed by atoms with Gasteiger partial charge in [0.05, 0.1) is 22.7 Å².